The highest BCUT2D eigenvalue weighted by atomic mass is 16.7. The van der Waals surface area contributed by atoms with Crippen molar-refractivity contribution in [2.24, 2.45) is 0 Å². The fourth-order valence-electron chi connectivity index (χ4n) is 9.36. The average Bonchev–Trinajstić information content (AvgIpc) is 1.14. The Morgan fingerprint density at radius 1 is 0.303 bits per heavy atom. The molecular weight excluding hydrogens is 1220 g/mol. The Bertz CT molecular complexity index is 2540. The van der Waals surface area contributed by atoms with Gasteiger partial charge < -0.3 is 28.5 Å². The summed E-state index contributed by atoms with van der Waals surface area (Å²) in [5.74, 6) is -2.08. The zero-order valence-electron chi connectivity index (χ0n) is 62.8. The van der Waals surface area contributed by atoms with Crippen LogP contribution in [-0.2, 0) is 33.3 Å². The third kappa shape index (κ3) is 78.3. The molecule has 0 aliphatic rings. The van der Waals surface area contributed by atoms with Crippen molar-refractivity contribution in [2.45, 2.75) is 257 Å². The van der Waals surface area contributed by atoms with Crippen LogP contribution in [0.2, 0.25) is 0 Å². The van der Waals surface area contributed by atoms with Crippen molar-refractivity contribution in [2.75, 3.05) is 47.5 Å². The molecule has 0 fully saturated rings. The number of likely N-dealkylation sites (N-methyl/N-ethyl adjacent to an activating group) is 1. The molecule has 0 rings (SSSR count). The fraction of sp³-hybridized carbons (Fsp3) is 0.522. The molecule has 9 heteroatoms. The highest BCUT2D eigenvalue weighted by Gasteiger charge is 2.25. The summed E-state index contributed by atoms with van der Waals surface area (Å²) >= 11 is 0. The lowest BCUT2D eigenvalue weighted by molar-refractivity contribution is -0.870. The molecule has 0 bridgehead atoms. The summed E-state index contributed by atoms with van der Waals surface area (Å²) in [7, 11) is 5.95. The summed E-state index contributed by atoms with van der Waals surface area (Å²) in [6, 6.07) is 0. The standard InChI is InChI=1S/C90H137NO8/c1-6-8-10-12-14-16-18-20-22-24-26-28-30-32-34-36-38-40-42-43-44-45-47-49-51-53-55-57-59-61-63-65-67-69-71-73-75-77-79-81-88(93)99-86(85-98-90(89(94)95)96-83-82-91(3,4)5)84-97-87(92)80-78-76-74-72-70-68-66-64-62-60-58-56-54-52-50-48-46-41-39-37-35-33-31-29-27-25-23-21-19-17-15-13-11-9-7-2/h8-11,14-17,20-23,26-29,32-35,38-41,43-44,47-50,53-56,59-62,65,67,86,90H,6-7,12-13,18-19,24-25,30-31,36-37,42,45-46,51-52,57-58,63-64,66,68-85H2,1-5H3/p+1/b10-8-,11-9-,16-14-,17-15-,22-20-,23-21-,28-26-,29-27-,34-32-,35-33-,40-38-,41-39-,44-43-,49-47-,50-48-,55-53-,56-54-,61-59-,62-60-,67-65-. The minimum Gasteiger partial charge on any atom is -0.477 e. The van der Waals surface area contributed by atoms with Crippen LogP contribution in [0.1, 0.15) is 245 Å². The first kappa shape index (κ1) is 92.1. The Balaban J connectivity index is 4.26. The number of carbonyl (C=O) groups excluding carboxylic acids is 2. The molecule has 0 saturated heterocycles. The molecule has 2 unspecified atom stereocenters. The Hall–Kier alpha value is -6.91. The Morgan fingerprint density at radius 2 is 0.545 bits per heavy atom. The predicted molar refractivity (Wildman–Crippen MR) is 427 cm³/mol. The molecule has 0 radical (unpaired) electrons. The van der Waals surface area contributed by atoms with E-state index in [2.05, 4.69) is 257 Å². The van der Waals surface area contributed by atoms with Gasteiger partial charge in [0.05, 0.1) is 34.4 Å². The second kappa shape index (κ2) is 76.8. The van der Waals surface area contributed by atoms with Crippen molar-refractivity contribution in [3.05, 3.63) is 243 Å². The molecule has 2 atom stereocenters. The smallest absolute Gasteiger partial charge is 0.361 e. The van der Waals surface area contributed by atoms with Gasteiger partial charge in [-0.3, -0.25) is 9.59 Å². The minimum atomic E-state index is -1.54. The largest absolute Gasteiger partial charge is 0.477 e. The van der Waals surface area contributed by atoms with E-state index in [1.165, 1.54) is 19.3 Å². The molecule has 0 aliphatic heterocycles. The molecule has 550 valence electrons. The average molecular weight is 1360 g/mol. The SMILES string of the molecule is CC/C=C\C/C=C\C/C=C\C/C=C\C/C=C\C/C=C\C/C=C\C/C=C\C/C=C\C/C=C\C/C=C\CCCCCCCC(=O)OC(COC(=O)CCCCCCCCC/C=C\C/C=C\C/C=C\C/C=C\C/C=C\C/C=C\C/C=C\C/C=C\C/C=C\CC)COC(OCC[N+](C)(C)C)C(=O)O. The molecule has 0 aliphatic carbocycles. The van der Waals surface area contributed by atoms with Gasteiger partial charge in [-0.1, -0.05) is 308 Å². The monoisotopic (exact) mass is 1360 g/mol. The van der Waals surface area contributed by atoms with E-state index in [0.29, 0.717) is 17.4 Å². The first-order valence-corrected chi connectivity index (χ1v) is 38.2. The molecule has 0 aromatic carbocycles. The number of hydrogen-bond donors (Lipinski definition) is 1. The second-order valence-corrected chi connectivity index (χ2v) is 25.5. The summed E-state index contributed by atoms with van der Waals surface area (Å²) in [6.45, 7) is 4.58. The van der Waals surface area contributed by atoms with Crippen LogP contribution in [-0.4, -0.2) is 87.4 Å². The van der Waals surface area contributed by atoms with Gasteiger partial charge in [0.15, 0.2) is 6.10 Å². The van der Waals surface area contributed by atoms with Crippen molar-refractivity contribution < 1.29 is 42.9 Å². The van der Waals surface area contributed by atoms with Gasteiger partial charge in [-0.15, -0.1) is 0 Å². The number of unbranched alkanes of at least 4 members (excludes halogenated alkanes) is 12. The number of aliphatic carboxylic acids is 1. The van der Waals surface area contributed by atoms with Crippen molar-refractivity contribution in [1.29, 1.82) is 0 Å². The Labute approximate surface area is 605 Å². The van der Waals surface area contributed by atoms with Gasteiger partial charge >= 0.3 is 17.9 Å². The number of rotatable bonds is 67. The number of carbonyl (C=O) groups is 3. The van der Waals surface area contributed by atoms with Gasteiger partial charge in [0.25, 0.3) is 6.29 Å². The lowest BCUT2D eigenvalue weighted by Gasteiger charge is -2.25. The van der Waals surface area contributed by atoms with Gasteiger partial charge in [-0.2, -0.15) is 0 Å². The van der Waals surface area contributed by atoms with Gasteiger partial charge in [0.1, 0.15) is 13.2 Å². The van der Waals surface area contributed by atoms with Gasteiger partial charge in [-0.25, -0.2) is 4.79 Å². The van der Waals surface area contributed by atoms with Crippen molar-refractivity contribution in [3.8, 4) is 0 Å². The third-order valence-corrected chi connectivity index (χ3v) is 15.1. The molecule has 0 aromatic heterocycles. The molecular formula is C90H138NO8+. The van der Waals surface area contributed by atoms with Crippen LogP contribution in [0.5, 0.6) is 0 Å². The number of ether oxygens (including phenoxy) is 4. The number of quaternary nitrogens is 1. The maximum absolute atomic E-state index is 13.0. The van der Waals surface area contributed by atoms with E-state index in [9.17, 15) is 19.5 Å². The quantitative estimate of drug-likeness (QED) is 0.0211. The first-order valence-electron chi connectivity index (χ1n) is 38.2. The predicted octanol–water partition coefficient (Wildman–Crippen LogP) is 24.8. The summed E-state index contributed by atoms with van der Waals surface area (Å²) in [5.41, 5.74) is 0. The summed E-state index contributed by atoms with van der Waals surface area (Å²) in [6.07, 6.45) is 121. The Kier molecular flexibility index (Phi) is 71.5. The van der Waals surface area contributed by atoms with Gasteiger partial charge in [0, 0.05) is 12.8 Å². The number of allylic oxidation sites excluding steroid dienone is 40. The van der Waals surface area contributed by atoms with Crippen LogP contribution in [0.4, 0.5) is 0 Å². The van der Waals surface area contributed by atoms with Crippen LogP contribution >= 0.6 is 0 Å². The topological polar surface area (TPSA) is 108 Å². The van der Waals surface area contributed by atoms with E-state index in [0.717, 1.165) is 193 Å². The molecule has 0 heterocycles. The normalized spacial score (nSPS) is 14.1. The number of carboxylic acid groups (broad SMARTS) is 1. The number of nitrogens with zero attached hydrogens (tertiary/aromatic N) is 1. The third-order valence-electron chi connectivity index (χ3n) is 15.1. The Morgan fingerprint density at radius 3 is 0.808 bits per heavy atom. The zero-order chi connectivity index (χ0) is 71.8. The van der Waals surface area contributed by atoms with E-state index in [-0.39, 0.29) is 38.6 Å². The number of hydrogen-bond acceptors (Lipinski definition) is 7. The minimum absolute atomic E-state index is 0.168. The van der Waals surface area contributed by atoms with E-state index in [1.54, 1.807) is 0 Å². The maximum atomic E-state index is 13.0. The highest BCUT2D eigenvalue weighted by molar-refractivity contribution is 5.71. The van der Waals surface area contributed by atoms with Crippen LogP contribution < -0.4 is 0 Å². The lowest BCUT2D eigenvalue weighted by Crippen LogP contribution is -2.40. The second-order valence-electron chi connectivity index (χ2n) is 25.5. The van der Waals surface area contributed by atoms with Crippen LogP contribution in [0, 0.1) is 0 Å². The summed E-state index contributed by atoms with van der Waals surface area (Å²) < 4.78 is 22.9. The van der Waals surface area contributed by atoms with Crippen molar-refractivity contribution in [1.82, 2.24) is 0 Å². The molecule has 0 amide bonds. The maximum Gasteiger partial charge on any atom is 0.361 e. The zero-order valence-corrected chi connectivity index (χ0v) is 62.8. The lowest BCUT2D eigenvalue weighted by atomic mass is 10.1. The van der Waals surface area contributed by atoms with Crippen molar-refractivity contribution >= 4 is 17.9 Å². The number of carboxylic acids is 1. The molecule has 99 heavy (non-hydrogen) atoms. The highest BCUT2D eigenvalue weighted by Crippen LogP contribution is 2.14. The van der Waals surface area contributed by atoms with E-state index in [1.807, 2.05) is 21.1 Å². The first-order chi connectivity index (χ1) is 48.6. The van der Waals surface area contributed by atoms with E-state index in [4.69, 9.17) is 18.9 Å². The molecule has 0 spiro atoms. The molecule has 0 aromatic rings. The molecule has 0 saturated carbocycles. The molecule has 1 N–H and O–H groups in total. The van der Waals surface area contributed by atoms with E-state index >= 15 is 0 Å². The van der Waals surface area contributed by atoms with Crippen LogP contribution in [0.25, 0.3) is 0 Å². The number of esters is 2. The van der Waals surface area contributed by atoms with Crippen molar-refractivity contribution in [3.63, 3.8) is 0 Å². The van der Waals surface area contributed by atoms with Crippen LogP contribution in [0.15, 0.2) is 243 Å². The molecule has 9 nitrogen and oxygen atoms in total. The summed E-state index contributed by atoms with van der Waals surface area (Å²) in [5, 5.41) is 9.77. The van der Waals surface area contributed by atoms with Crippen LogP contribution in [0.3, 0.4) is 0 Å². The van der Waals surface area contributed by atoms with Gasteiger partial charge in [-0.05, 0) is 167 Å². The van der Waals surface area contributed by atoms with E-state index < -0.39 is 24.3 Å². The fourth-order valence-corrected chi connectivity index (χ4v) is 9.36. The summed E-state index contributed by atoms with van der Waals surface area (Å²) in [4.78, 5) is 37.7. The van der Waals surface area contributed by atoms with Gasteiger partial charge in [0.2, 0.25) is 0 Å².